The second kappa shape index (κ2) is 74.1. The van der Waals surface area contributed by atoms with Crippen molar-refractivity contribution in [1.29, 1.82) is 0 Å². The maximum atomic E-state index is 13.5. The Morgan fingerprint density at radius 2 is 0.709 bits per heavy atom. The lowest BCUT2D eigenvalue weighted by Crippen LogP contribution is -3.00. The average molecular weight is 2090 g/mol. The van der Waals surface area contributed by atoms with Crippen LogP contribution in [0.3, 0.4) is 0 Å². The highest BCUT2D eigenvalue weighted by Crippen LogP contribution is 2.69. The van der Waals surface area contributed by atoms with Gasteiger partial charge in [0.25, 0.3) is 5.08 Å². The topological polar surface area (TPSA) is 659 Å². The van der Waals surface area contributed by atoms with Crippen LogP contribution in [0.1, 0.15) is 285 Å². The first kappa shape index (κ1) is 135. The third-order valence-electron chi connectivity index (χ3n) is 23.2. The van der Waals surface area contributed by atoms with Crippen LogP contribution in [-0.4, -0.2) is 208 Å². The first-order chi connectivity index (χ1) is 65.9. The van der Waals surface area contributed by atoms with Crippen molar-refractivity contribution in [2.75, 3.05) is 89.2 Å². The predicted molar refractivity (Wildman–Crippen MR) is 546 cm³/mol. The highest BCUT2D eigenvalue weighted by Gasteiger charge is 2.59. The van der Waals surface area contributed by atoms with E-state index >= 15 is 0 Å². The molecule has 6 atom stereocenters. The van der Waals surface area contributed by atoms with Crippen LogP contribution in [0.4, 0.5) is 25.8 Å². The number of anilines is 2. The zero-order chi connectivity index (χ0) is 106. The number of nitrogens with one attached hydrogen (secondary N) is 5. The fourth-order valence-electron chi connectivity index (χ4n) is 14.9. The number of aliphatic hydroxyl groups excluding tert-OH is 1. The minimum Gasteiger partial charge on any atom is -1.00 e. The molecule has 0 aliphatic carbocycles. The average Bonchev–Trinajstić information content (AvgIpc) is 0.777. The van der Waals surface area contributed by atoms with E-state index < -0.39 is 108 Å². The number of halogens is 1. The molecule has 4 aromatic carbocycles. The molecular formula is C97H172ClN14O25P4-. The molecule has 141 heavy (non-hydrogen) atoms. The number of guanidine groups is 2. The Morgan fingerprint density at radius 3 is 0.979 bits per heavy atom. The van der Waals surface area contributed by atoms with Gasteiger partial charge in [-0.05, 0) is 174 Å². The second-order valence-corrected chi connectivity index (χ2v) is 44.3. The number of rotatable bonds is 66. The van der Waals surface area contributed by atoms with Crippen molar-refractivity contribution >= 4 is 95.3 Å². The van der Waals surface area contributed by atoms with E-state index in [4.69, 9.17) is 57.8 Å². The first-order valence-corrected chi connectivity index (χ1v) is 55.8. The van der Waals surface area contributed by atoms with E-state index in [2.05, 4.69) is 92.0 Å². The zero-order valence-corrected chi connectivity index (χ0v) is 89.7. The van der Waals surface area contributed by atoms with E-state index in [-0.39, 0.29) is 125 Å². The lowest BCUT2D eigenvalue weighted by atomic mass is 9.90. The molecule has 0 aliphatic heterocycles. The molecular weight excluding hydrogens is 1920 g/mol. The van der Waals surface area contributed by atoms with E-state index in [9.17, 15) is 91.4 Å². The molecule has 4 rings (SSSR count). The summed E-state index contributed by atoms with van der Waals surface area (Å²) in [7, 11) is -22.4. The smallest absolute Gasteiger partial charge is 0.408 e. The number of Topliss-reactive ketones (excluding diaryl/α,β-unsaturated/α-hetero) is 2. The van der Waals surface area contributed by atoms with E-state index in [0.29, 0.717) is 61.2 Å². The summed E-state index contributed by atoms with van der Waals surface area (Å²) in [6, 6.07) is 29.6. The number of alkyl carbamates (subject to hydrolysis) is 3. The van der Waals surface area contributed by atoms with Gasteiger partial charge in [-0.3, -0.25) is 38.3 Å². The number of ketones is 2. The minimum atomic E-state index is -5.61. The molecule has 0 aromatic heterocycles. The molecule has 24 N–H and O–H groups in total. The SMILES string of the molecule is CC(C)C[C@H](NC(=O)OCc1ccccc1)C(=O)C[C@@H](CCCN=C(N)N)C(=O)Nc1ccc(CO)cc1.CC(C)C[C@H](NC(=O)OCc1ccccc1)C(=O)C[C@@H](CCCN=C(N)N)C(=O)Nc1ccc(COC(=O)NCCCC(O)(P(=O)(O)O)P(=O)(O)O)cc1.CCCC[N+](CCCC)(CCCC)CCCC.CCCC[N+](CCCC)(CCCC)CCCC.NCCCC(O)(P(=O)([O-])O)P(=O)([O-])O.[Cl-]. The third kappa shape index (κ3) is 58.2. The zero-order valence-electron chi connectivity index (χ0n) is 85.4. The Bertz CT molecular complexity index is 4220. The lowest BCUT2D eigenvalue weighted by molar-refractivity contribution is -0.929. The number of quaternary nitrogens is 2. The van der Waals surface area contributed by atoms with Gasteiger partial charge in [0.15, 0.2) is 43.8 Å². The number of benzene rings is 4. The molecule has 0 fully saturated rings. The fraction of sp³-hybridized carbons (Fsp3) is 0.660. The number of ether oxygens (including phenoxy) is 3. The largest absolute Gasteiger partial charge is 1.00 e. The van der Waals surface area contributed by atoms with Gasteiger partial charge in [-0.2, -0.15) is 0 Å². The molecule has 44 heteroatoms. The molecule has 2 unspecified atom stereocenters. The van der Waals surface area contributed by atoms with Crippen molar-refractivity contribution < 1.29 is 142 Å². The van der Waals surface area contributed by atoms with Crippen LogP contribution in [0, 0.1) is 23.7 Å². The van der Waals surface area contributed by atoms with Crippen LogP contribution < -0.4 is 77.4 Å². The van der Waals surface area contributed by atoms with Crippen LogP contribution in [0.25, 0.3) is 0 Å². The van der Waals surface area contributed by atoms with Crippen molar-refractivity contribution in [3.05, 3.63) is 131 Å². The van der Waals surface area contributed by atoms with Crippen molar-refractivity contribution in [1.82, 2.24) is 16.0 Å². The van der Waals surface area contributed by atoms with Gasteiger partial charge in [0.2, 0.25) is 11.8 Å². The molecule has 5 amide bonds. The Kier molecular flexibility index (Phi) is 71.1. The maximum Gasteiger partial charge on any atom is 0.408 e. The number of hydrogen-bond acceptors (Lipinski definition) is 22. The van der Waals surface area contributed by atoms with Gasteiger partial charge < -0.3 is 154 Å². The number of carbonyl (C=O) groups is 7. The van der Waals surface area contributed by atoms with Crippen LogP contribution in [0.2, 0.25) is 0 Å². The molecule has 0 heterocycles. The van der Waals surface area contributed by atoms with Gasteiger partial charge in [-0.1, -0.05) is 219 Å². The Balaban J connectivity index is 0. The molecule has 39 nitrogen and oxygen atoms in total. The summed E-state index contributed by atoms with van der Waals surface area (Å²) >= 11 is 0. The minimum absolute atomic E-state index is 0. The Labute approximate surface area is 843 Å². The molecule has 0 radical (unpaired) electrons. The van der Waals surface area contributed by atoms with Gasteiger partial charge >= 0.3 is 33.5 Å². The normalized spacial score (nSPS) is 13.6. The number of nitrogens with two attached hydrogens (primary N) is 5. The van der Waals surface area contributed by atoms with Gasteiger partial charge in [0, 0.05) is 62.1 Å². The Hall–Kier alpha value is -7.84. The number of nitrogens with zero attached hydrogens (tertiary/aromatic N) is 4. The molecule has 4 aromatic rings. The van der Waals surface area contributed by atoms with E-state index in [1.165, 1.54) is 164 Å². The molecule has 0 aliphatic rings. The van der Waals surface area contributed by atoms with E-state index in [1.54, 1.807) is 60.7 Å². The van der Waals surface area contributed by atoms with Crippen LogP contribution in [-0.2, 0) is 78.1 Å². The van der Waals surface area contributed by atoms with E-state index in [0.717, 1.165) is 11.1 Å². The summed E-state index contributed by atoms with van der Waals surface area (Å²) in [5.41, 5.74) is 30.3. The standard InChI is InChI=1S/C33H50N6O13P2.C28H39N5O5.2C16H36N.C4H13NO7P2.ClH/c1-22(2)18-27(39-32(43)52-20-23-8-4-3-5-9-23)28(40)19-25(10-6-16-36-30(34)35)29(41)38-26-13-11-24(12-14-26)21-51-31(42)37-17-7-15-33(44,53(45,46)47)54(48,49)50;1-19(2)15-24(33-28(37)38-18-21-7-4-3-5-8-21)25(35)16-22(9-6-14-31-27(29)30)26(36)32-23-12-10-20(17-34)11-13-23;2*1-5-9-13-17(14-10-6-2,15-11-7-3)16-12-8-4;5-3-1-2-4(6,13(7,8)9)14(10,11)12;/h3-5,8-9,11-14,22,25,27,44H,6-7,10,15-21H2,1-2H3,(H,37,42)(H,38,41)(H,39,43)(H4,34,35,36)(H2,45,46,47)(H2,48,49,50);3-5,7-8,10-13,19,22,24,34H,6,9,14-18H2,1-2H3,(H,32,36)(H,33,37)(H4,29,30,31);2*5-16H2,1-4H3;6H,1-3,5H2,(H2,7,8,9)(H2,10,11,12);1H/q;;2*+1;;/p-3/t25-,27+;22-,24+;;;;/m11..../s1. The summed E-state index contributed by atoms with van der Waals surface area (Å²) in [5, 5.41) is 34.3. The third-order valence-corrected chi connectivity index (χ3v) is 30.9. The molecule has 808 valence electrons. The number of aliphatic hydroxyl groups is 3. The van der Waals surface area contributed by atoms with Gasteiger partial charge in [-0.15, -0.1) is 0 Å². The first-order valence-electron chi connectivity index (χ1n) is 49.4. The van der Waals surface area contributed by atoms with E-state index in [1.807, 2.05) is 76.2 Å². The quantitative estimate of drug-likeness (QED) is 0.00488. The number of aliphatic imine (C=N–C) groups is 2. The van der Waals surface area contributed by atoms with Gasteiger partial charge in [-0.25, -0.2) is 14.4 Å². The van der Waals surface area contributed by atoms with Crippen molar-refractivity contribution in [3.63, 3.8) is 0 Å². The van der Waals surface area contributed by atoms with Gasteiger partial charge in [0.1, 0.15) is 19.8 Å². The van der Waals surface area contributed by atoms with Crippen LogP contribution >= 0.6 is 30.4 Å². The molecule has 0 bridgehead atoms. The fourth-order valence-corrected chi connectivity index (χ4v) is 19.3. The number of unbranched alkanes of at least 4 members (excludes halogenated alkanes) is 8. The summed E-state index contributed by atoms with van der Waals surface area (Å²) in [4.78, 5) is 173. The monoisotopic (exact) mass is 2090 g/mol. The number of hydrogen-bond donors (Lipinski definition) is 19. The predicted octanol–water partition coefficient (Wildman–Crippen LogP) is 10.2. The molecule has 0 saturated heterocycles. The number of carbonyl (C=O) groups excluding carboxylic acids is 7. The second-order valence-electron chi connectivity index (χ2n) is 36.4. The number of amides is 5. The summed E-state index contributed by atoms with van der Waals surface area (Å²) in [6.45, 7) is 37.6. The Morgan fingerprint density at radius 1 is 0.418 bits per heavy atom. The summed E-state index contributed by atoms with van der Waals surface area (Å²) in [5.74, 6) is -2.86. The molecule has 0 spiro atoms. The summed E-state index contributed by atoms with van der Waals surface area (Å²) in [6.07, 6.45) is 19.2. The van der Waals surface area contributed by atoms with Crippen LogP contribution in [0.15, 0.2) is 119 Å². The maximum absolute atomic E-state index is 13.5. The van der Waals surface area contributed by atoms with Crippen LogP contribution in [0.5, 0.6) is 0 Å². The van der Waals surface area contributed by atoms with Crippen molar-refractivity contribution in [2.24, 2.45) is 62.3 Å². The van der Waals surface area contributed by atoms with Crippen molar-refractivity contribution in [3.8, 4) is 0 Å². The van der Waals surface area contributed by atoms with Gasteiger partial charge in [0.05, 0.1) is 71.0 Å². The highest BCUT2D eigenvalue weighted by molar-refractivity contribution is 7.72. The van der Waals surface area contributed by atoms with Crippen molar-refractivity contribution in [2.45, 2.75) is 312 Å². The summed E-state index contributed by atoms with van der Waals surface area (Å²) < 4.78 is 62.5. The highest BCUT2D eigenvalue weighted by atomic mass is 35.5. The lowest BCUT2D eigenvalue weighted by Gasteiger charge is -2.42. The molecule has 0 saturated carbocycles.